The second kappa shape index (κ2) is 20.4. The summed E-state index contributed by atoms with van der Waals surface area (Å²) < 4.78 is 37.1. The normalized spacial score (nSPS) is 24.6. The summed E-state index contributed by atoms with van der Waals surface area (Å²) in [5.74, 6) is 0.295. The average molecular weight is 624 g/mol. The lowest BCUT2D eigenvalue weighted by Crippen LogP contribution is -2.61. The van der Waals surface area contributed by atoms with Gasteiger partial charge in [-0.3, -0.25) is 4.57 Å². The highest BCUT2D eigenvalue weighted by molar-refractivity contribution is 7.45. The van der Waals surface area contributed by atoms with Crippen molar-refractivity contribution < 1.29 is 32.5 Å². The molecule has 1 aromatic carbocycles. The molecule has 2 bridgehead atoms. The van der Waals surface area contributed by atoms with E-state index in [-0.39, 0.29) is 18.8 Å². The third-order valence-corrected chi connectivity index (χ3v) is 10.6. The quantitative estimate of drug-likeness (QED) is 0.0621. The Hall–Kier alpha value is -0.790. The number of fused-ring (bicyclic) bond motifs is 3. The predicted octanol–water partition coefficient (Wildman–Crippen LogP) is 8.20. The minimum Gasteiger partial charge on any atom is -0.756 e. The molecular weight excluding hydrogens is 561 g/mol. The number of phosphoric ester groups is 1. The maximum Gasteiger partial charge on any atom is 0.268 e. The van der Waals surface area contributed by atoms with Gasteiger partial charge in [0.2, 0.25) is 0 Å². The Kier molecular flexibility index (Phi) is 17.4. The van der Waals surface area contributed by atoms with Crippen LogP contribution < -0.4 is 4.89 Å². The van der Waals surface area contributed by atoms with Crippen molar-refractivity contribution in [2.45, 2.75) is 141 Å². The van der Waals surface area contributed by atoms with Crippen molar-refractivity contribution in [3.8, 4) is 0 Å². The molecule has 0 spiro atoms. The van der Waals surface area contributed by atoms with Crippen LogP contribution >= 0.6 is 7.82 Å². The van der Waals surface area contributed by atoms with Gasteiger partial charge in [-0.25, -0.2) is 0 Å². The van der Waals surface area contributed by atoms with E-state index in [2.05, 4.69) is 14.0 Å². The summed E-state index contributed by atoms with van der Waals surface area (Å²) >= 11 is 0. The third-order valence-electron chi connectivity index (χ3n) is 9.60. The van der Waals surface area contributed by atoms with Crippen LogP contribution in [0.5, 0.6) is 0 Å². The van der Waals surface area contributed by atoms with Crippen LogP contribution in [0.2, 0.25) is 0 Å². The van der Waals surface area contributed by atoms with E-state index in [0.29, 0.717) is 19.1 Å². The standard InChI is InChI=1S/C35H62NO6P/c1-4-5-6-7-8-9-10-11-12-13-14-15-16-20-27-39-31(2)35(40-29-32-21-18-17-19-22-32)30-41-43(37,38)42-34-28-36(3)25-23-33(34)24-26-36/h17-19,21-22,31,33-35H,4-16,20,23-30H2,1-3H3. The number of piperidine rings is 3. The van der Waals surface area contributed by atoms with E-state index in [9.17, 15) is 9.46 Å². The van der Waals surface area contributed by atoms with Gasteiger partial charge in [-0.2, -0.15) is 0 Å². The highest BCUT2D eigenvalue weighted by atomic mass is 31.2. The highest BCUT2D eigenvalue weighted by Crippen LogP contribution is 2.46. The molecule has 4 unspecified atom stereocenters. The van der Waals surface area contributed by atoms with Crippen LogP contribution in [0, 0.1) is 5.92 Å². The zero-order valence-electron chi connectivity index (χ0n) is 27.6. The van der Waals surface area contributed by atoms with Crippen LogP contribution in [0.3, 0.4) is 0 Å². The average Bonchev–Trinajstić information content (AvgIpc) is 2.99. The van der Waals surface area contributed by atoms with Crippen LogP contribution in [0.1, 0.15) is 122 Å². The number of benzene rings is 1. The van der Waals surface area contributed by atoms with Gasteiger partial charge in [-0.15, -0.1) is 0 Å². The molecule has 0 saturated carbocycles. The second-order valence-electron chi connectivity index (χ2n) is 13.5. The molecule has 7 nitrogen and oxygen atoms in total. The van der Waals surface area contributed by atoms with Gasteiger partial charge in [0, 0.05) is 25.4 Å². The van der Waals surface area contributed by atoms with Gasteiger partial charge in [0.25, 0.3) is 7.82 Å². The number of nitrogens with zero attached hydrogens (tertiary/aromatic N) is 1. The monoisotopic (exact) mass is 623 g/mol. The lowest BCUT2D eigenvalue weighted by atomic mass is 9.84. The number of quaternary nitrogens is 1. The van der Waals surface area contributed by atoms with Crippen LogP contribution in [0.25, 0.3) is 0 Å². The fraction of sp³-hybridized carbons (Fsp3) is 0.829. The lowest BCUT2D eigenvalue weighted by Gasteiger charge is -2.50. The highest BCUT2D eigenvalue weighted by Gasteiger charge is 2.45. The van der Waals surface area contributed by atoms with Crippen LogP contribution in [-0.4, -0.2) is 62.7 Å². The fourth-order valence-electron chi connectivity index (χ4n) is 6.60. The first-order chi connectivity index (χ1) is 20.8. The number of phosphoric acid groups is 1. The molecule has 3 fully saturated rings. The van der Waals surface area contributed by atoms with Crippen LogP contribution in [-0.2, 0) is 29.7 Å². The maximum absolute atomic E-state index is 12.9. The zero-order valence-corrected chi connectivity index (χ0v) is 28.5. The summed E-state index contributed by atoms with van der Waals surface area (Å²) in [5, 5.41) is 0. The van der Waals surface area contributed by atoms with Crippen LogP contribution in [0.4, 0.5) is 0 Å². The van der Waals surface area contributed by atoms with E-state index < -0.39 is 13.9 Å². The Labute approximate surface area is 263 Å². The summed E-state index contributed by atoms with van der Waals surface area (Å²) in [7, 11) is -2.28. The smallest absolute Gasteiger partial charge is 0.268 e. The van der Waals surface area contributed by atoms with Crippen molar-refractivity contribution in [2.24, 2.45) is 5.92 Å². The number of likely N-dealkylation sites (N-methyl/N-ethyl adjacent to an activating group) is 1. The van der Waals surface area contributed by atoms with Crippen molar-refractivity contribution in [1.82, 2.24) is 0 Å². The van der Waals surface area contributed by atoms with E-state index in [1.54, 1.807) is 0 Å². The van der Waals surface area contributed by atoms with E-state index in [4.69, 9.17) is 18.5 Å². The van der Waals surface area contributed by atoms with Gasteiger partial charge in [-0.05, 0) is 18.9 Å². The molecule has 3 aliphatic rings. The molecule has 0 N–H and O–H groups in total. The molecule has 0 aromatic heterocycles. The Balaban J connectivity index is 1.31. The Morgan fingerprint density at radius 2 is 1.42 bits per heavy atom. The molecule has 3 aliphatic heterocycles. The van der Waals surface area contributed by atoms with Gasteiger partial charge < -0.3 is 27.9 Å². The third kappa shape index (κ3) is 14.9. The summed E-state index contributed by atoms with van der Waals surface area (Å²) in [6.07, 6.45) is 19.4. The van der Waals surface area contributed by atoms with Gasteiger partial charge in [-0.1, -0.05) is 121 Å². The number of unbranched alkanes of at least 4 members (excludes halogenated alkanes) is 13. The Morgan fingerprint density at radius 1 is 0.860 bits per heavy atom. The molecule has 0 radical (unpaired) electrons. The van der Waals surface area contributed by atoms with E-state index in [1.807, 2.05) is 37.3 Å². The number of ether oxygens (including phenoxy) is 2. The molecule has 3 saturated heterocycles. The minimum absolute atomic E-state index is 0.114. The van der Waals surface area contributed by atoms with Gasteiger partial charge in [0.15, 0.2) is 0 Å². The van der Waals surface area contributed by atoms with Gasteiger partial charge >= 0.3 is 0 Å². The summed E-state index contributed by atoms with van der Waals surface area (Å²) in [5.41, 5.74) is 1.03. The van der Waals surface area contributed by atoms with Gasteiger partial charge in [0.05, 0.1) is 39.5 Å². The minimum atomic E-state index is -4.47. The Bertz CT molecular complexity index is 894. The maximum atomic E-state index is 12.9. The van der Waals surface area contributed by atoms with Crippen molar-refractivity contribution >= 4 is 7.82 Å². The summed E-state index contributed by atoms with van der Waals surface area (Å²) in [6, 6.07) is 9.90. The first-order valence-corrected chi connectivity index (χ1v) is 19.0. The molecule has 3 heterocycles. The number of hydrogen-bond donors (Lipinski definition) is 0. The molecule has 248 valence electrons. The Morgan fingerprint density at radius 3 is 1.98 bits per heavy atom. The zero-order chi connectivity index (χ0) is 30.8. The first-order valence-electron chi connectivity index (χ1n) is 17.5. The molecule has 8 heteroatoms. The molecule has 43 heavy (non-hydrogen) atoms. The molecule has 1 aromatic rings. The molecule has 4 rings (SSSR count). The van der Waals surface area contributed by atoms with E-state index in [1.165, 1.54) is 77.0 Å². The summed E-state index contributed by atoms with van der Waals surface area (Å²) in [4.78, 5) is 12.9. The lowest BCUT2D eigenvalue weighted by molar-refractivity contribution is -0.928. The van der Waals surface area contributed by atoms with Crippen molar-refractivity contribution in [2.75, 3.05) is 39.9 Å². The predicted molar refractivity (Wildman–Crippen MR) is 173 cm³/mol. The number of rotatable bonds is 25. The largest absolute Gasteiger partial charge is 0.756 e. The number of hydrogen-bond acceptors (Lipinski definition) is 6. The van der Waals surface area contributed by atoms with E-state index >= 15 is 0 Å². The van der Waals surface area contributed by atoms with Crippen molar-refractivity contribution in [3.63, 3.8) is 0 Å². The van der Waals surface area contributed by atoms with Gasteiger partial charge in [0.1, 0.15) is 18.8 Å². The summed E-state index contributed by atoms with van der Waals surface area (Å²) in [6.45, 7) is 8.02. The molecular formula is C35H62NO6P. The SMILES string of the molecule is CCCCCCCCCCCCCCCCOC(C)C(COP(=O)([O-])OC1C[N+]2(C)CCC1CC2)OCc1ccccc1. The van der Waals surface area contributed by atoms with Crippen LogP contribution in [0.15, 0.2) is 30.3 Å². The topological polar surface area (TPSA) is 77.1 Å². The fourth-order valence-corrected chi connectivity index (χ4v) is 7.56. The second-order valence-corrected chi connectivity index (χ2v) is 14.8. The van der Waals surface area contributed by atoms with Crippen molar-refractivity contribution in [1.29, 1.82) is 0 Å². The molecule has 0 amide bonds. The van der Waals surface area contributed by atoms with Crippen molar-refractivity contribution in [3.05, 3.63) is 35.9 Å². The first kappa shape index (κ1) is 36.7. The van der Waals surface area contributed by atoms with E-state index in [0.717, 1.165) is 55.4 Å². The molecule has 4 atom stereocenters. The molecule has 0 aliphatic carbocycles.